The van der Waals surface area contributed by atoms with Crippen LogP contribution < -0.4 is 10.6 Å². The Morgan fingerprint density at radius 3 is 3.33 bits per heavy atom. The molecule has 0 bridgehead atoms. The molecule has 0 spiro atoms. The molecule has 1 amide bonds. The monoisotopic (exact) mass is 227 g/mol. The van der Waals surface area contributed by atoms with E-state index in [1.165, 1.54) is 0 Å². The molecule has 1 aliphatic heterocycles. The third kappa shape index (κ3) is 2.73. The van der Waals surface area contributed by atoms with Gasteiger partial charge in [-0.25, -0.2) is 4.98 Å². The van der Waals surface area contributed by atoms with E-state index in [0.29, 0.717) is 12.4 Å². The molecule has 5 nitrogen and oxygen atoms in total. The maximum absolute atomic E-state index is 11.6. The maximum Gasteiger partial charge on any atom is 0.238 e. The Morgan fingerprint density at radius 2 is 2.73 bits per heavy atom. The Bertz CT molecular complexity index is 347. The van der Waals surface area contributed by atoms with Crippen molar-refractivity contribution in [3.8, 4) is 0 Å². The molecule has 0 saturated carbocycles. The van der Waals surface area contributed by atoms with E-state index >= 15 is 0 Å². The maximum atomic E-state index is 11.6. The van der Waals surface area contributed by atoms with Crippen molar-refractivity contribution in [2.24, 2.45) is 0 Å². The van der Waals surface area contributed by atoms with Crippen LogP contribution in [0.5, 0.6) is 0 Å². The Labute approximate surface area is 92.0 Å². The van der Waals surface area contributed by atoms with E-state index in [4.69, 9.17) is 4.42 Å². The van der Waals surface area contributed by atoms with Gasteiger partial charge in [0.1, 0.15) is 6.26 Å². The predicted molar refractivity (Wildman–Crippen MR) is 57.3 cm³/mol. The van der Waals surface area contributed by atoms with Crippen molar-refractivity contribution >= 4 is 17.7 Å². The van der Waals surface area contributed by atoms with E-state index in [9.17, 15) is 4.79 Å². The van der Waals surface area contributed by atoms with Gasteiger partial charge in [0.05, 0.1) is 18.3 Å². The molecule has 1 aromatic heterocycles. The lowest BCUT2D eigenvalue weighted by Crippen LogP contribution is -2.41. The second kappa shape index (κ2) is 4.67. The largest absolute Gasteiger partial charge is 0.449 e. The summed E-state index contributed by atoms with van der Waals surface area (Å²) < 4.78 is 5.04. The topological polar surface area (TPSA) is 67.2 Å². The molecule has 2 N–H and O–H groups in total. The molecule has 0 radical (unpaired) electrons. The summed E-state index contributed by atoms with van der Waals surface area (Å²) in [6, 6.07) is -0.0667. The molecule has 1 saturated heterocycles. The van der Waals surface area contributed by atoms with Crippen LogP contribution in [0, 0.1) is 6.92 Å². The van der Waals surface area contributed by atoms with E-state index in [-0.39, 0.29) is 11.9 Å². The van der Waals surface area contributed by atoms with Gasteiger partial charge in [0, 0.05) is 18.6 Å². The molecule has 1 unspecified atom stereocenters. The van der Waals surface area contributed by atoms with E-state index < -0.39 is 0 Å². The standard InChI is InChI=1S/C9H13N3O2S/c1-6-12-7(3-14-6)2-10-9(13)8-4-15-5-11-8/h3,8,11H,2,4-5H2,1H3,(H,10,13). The van der Waals surface area contributed by atoms with E-state index in [1.807, 2.05) is 0 Å². The number of hydrogen-bond acceptors (Lipinski definition) is 5. The first kappa shape index (κ1) is 10.5. The van der Waals surface area contributed by atoms with Crippen LogP contribution in [0.1, 0.15) is 11.6 Å². The molecule has 1 aromatic rings. The molecule has 1 atom stereocenters. The van der Waals surface area contributed by atoms with Crippen LogP contribution in [0.25, 0.3) is 0 Å². The molecule has 0 aromatic carbocycles. The summed E-state index contributed by atoms with van der Waals surface area (Å²) >= 11 is 1.73. The summed E-state index contributed by atoms with van der Waals surface area (Å²) in [4.78, 5) is 15.7. The van der Waals surface area contributed by atoms with Crippen LogP contribution in [-0.2, 0) is 11.3 Å². The fourth-order valence-electron chi connectivity index (χ4n) is 1.35. The molecule has 82 valence electrons. The quantitative estimate of drug-likeness (QED) is 0.775. The molecule has 6 heteroatoms. The number of aryl methyl sites for hydroxylation is 1. The zero-order valence-electron chi connectivity index (χ0n) is 8.45. The zero-order chi connectivity index (χ0) is 10.7. The first-order valence-electron chi connectivity index (χ1n) is 4.75. The SMILES string of the molecule is Cc1nc(CNC(=O)C2CSCN2)co1. The molecule has 15 heavy (non-hydrogen) atoms. The number of carbonyl (C=O) groups excluding carboxylic acids is 1. The average molecular weight is 227 g/mol. The minimum Gasteiger partial charge on any atom is -0.449 e. The van der Waals surface area contributed by atoms with Gasteiger partial charge in [0.25, 0.3) is 0 Å². The van der Waals surface area contributed by atoms with Gasteiger partial charge in [-0.2, -0.15) is 0 Å². The third-order valence-electron chi connectivity index (χ3n) is 2.14. The normalized spacial score (nSPS) is 20.5. The van der Waals surface area contributed by atoms with Gasteiger partial charge < -0.3 is 9.73 Å². The summed E-state index contributed by atoms with van der Waals surface area (Å²) in [5.74, 6) is 2.33. The Kier molecular flexibility index (Phi) is 3.27. The number of hydrogen-bond donors (Lipinski definition) is 2. The summed E-state index contributed by atoms with van der Waals surface area (Å²) in [6.07, 6.45) is 1.56. The summed E-state index contributed by atoms with van der Waals surface area (Å²) in [5.41, 5.74) is 0.756. The van der Waals surface area contributed by atoms with Crippen LogP contribution in [0.4, 0.5) is 0 Å². The lowest BCUT2D eigenvalue weighted by molar-refractivity contribution is -0.122. The Hall–Kier alpha value is -1.01. The van der Waals surface area contributed by atoms with Crippen molar-refractivity contribution in [3.05, 3.63) is 17.8 Å². The second-order valence-corrected chi connectivity index (χ2v) is 4.38. The molecular weight excluding hydrogens is 214 g/mol. The lowest BCUT2D eigenvalue weighted by atomic mass is 10.3. The lowest BCUT2D eigenvalue weighted by Gasteiger charge is -2.08. The number of rotatable bonds is 3. The van der Waals surface area contributed by atoms with Crippen molar-refractivity contribution in [2.75, 3.05) is 11.6 Å². The van der Waals surface area contributed by atoms with Gasteiger partial charge in [0.15, 0.2) is 5.89 Å². The smallest absolute Gasteiger partial charge is 0.238 e. The molecule has 2 heterocycles. The van der Waals surface area contributed by atoms with Crippen molar-refractivity contribution in [1.82, 2.24) is 15.6 Å². The number of thioether (sulfide) groups is 1. The zero-order valence-corrected chi connectivity index (χ0v) is 9.26. The van der Waals surface area contributed by atoms with Gasteiger partial charge in [-0.15, -0.1) is 11.8 Å². The van der Waals surface area contributed by atoms with Gasteiger partial charge in [0.2, 0.25) is 5.91 Å². The molecule has 0 aliphatic carbocycles. The number of nitrogens with one attached hydrogen (secondary N) is 2. The first-order valence-corrected chi connectivity index (χ1v) is 5.91. The van der Waals surface area contributed by atoms with Crippen LogP contribution in [-0.4, -0.2) is 28.6 Å². The fraction of sp³-hybridized carbons (Fsp3) is 0.556. The highest BCUT2D eigenvalue weighted by Gasteiger charge is 2.22. The average Bonchev–Trinajstić information content (AvgIpc) is 2.84. The summed E-state index contributed by atoms with van der Waals surface area (Å²) in [6.45, 7) is 2.21. The molecule has 1 fully saturated rings. The van der Waals surface area contributed by atoms with Crippen LogP contribution >= 0.6 is 11.8 Å². The molecule has 2 rings (SSSR count). The van der Waals surface area contributed by atoms with Crippen molar-refractivity contribution in [2.45, 2.75) is 19.5 Å². The van der Waals surface area contributed by atoms with Gasteiger partial charge >= 0.3 is 0 Å². The number of oxazole rings is 1. The molecule has 1 aliphatic rings. The predicted octanol–water partition coefficient (Wildman–Crippen LogP) is 0.262. The highest BCUT2D eigenvalue weighted by molar-refractivity contribution is 7.99. The van der Waals surface area contributed by atoms with Crippen molar-refractivity contribution in [1.29, 1.82) is 0 Å². The van der Waals surface area contributed by atoms with Crippen LogP contribution in [0.2, 0.25) is 0 Å². The summed E-state index contributed by atoms with van der Waals surface area (Å²) in [5, 5.41) is 5.92. The third-order valence-corrected chi connectivity index (χ3v) is 3.08. The van der Waals surface area contributed by atoms with E-state index in [2.05, 4.69) is 15.6 Å². The summed E-state index contributed by atoms with van der Waals surface area (Å²) in [7, 11) is 0. The first-order chi connectivity index (χ1) is 7.25. The van der Waals surface area contributed by atoms with Gasteiger partial charge in [-0.3, -0.25) is 10.1 Å². The van der Waals surface area contributed by atoms with Gasteiger partial charge in [-0.1, -0.05) is 0 Å². The van der Waals surface area contributed by atoms with E-state index in [0.717, 1.165) is 17.3 Å². The highest BCUT2D eigenvalue weighted by Crippen LogP contribution is 2.09. The van der Waals surface area contributed by atoms with Crippen LogP contribution in [0.15, 0.2) is 10.7 Å². The minimum atomic E-state index is -0.0667. The van der Waals surface area contributed by atoms with E-state index in [1.54, 1.807) is 24.9 Å². The Morgan fingerprint density at radius 1 is 1.87 bits per heavy atom. The number of carbonyl (C=O) groups is 1. The molecular formula is C9H13N3O2S. The van der Waals surface area contributed by atoms with Crippen molar-refractivity contribution in [3.63, 3.8) is 0 Å². The number of nitrogens with zero attached hydrogens (tertiary/aromatic N) is 1. The fourth-order valence-corrected chi connectivity index (χ4v) is 2.30. The minimum absolute atomic E-state index is 0.0284. The number of aromatic nitrogens is 1. The Balaban J connectivity index is 1.80. The highest BCUT2D eigenvalue weighted by atomic mass is 32.2. The van der Waals surface area contributed by atoms with Crippen LogP contribution in [0.3, 0.4) is 0 Å². The second-order valence-electron chi connectivity index (χ2n) is 3.35. The number of amides is 1. The van der Waals surface area contributed by atoms with Crippen molar-refractivity contribution < 1.29 is 9.21 Å². The van der Waals surface area contributed by atoms with Gasteiger partial charge in [-0.05, 0) is 0 Å².